The fraction of sp³-hybridized carbons (Fsp3) is 0. The zero-order valence-electron chi connectivity index (χ0n) is 6.87. The van der Waals surface area contributed by atoms with Gasteiger partial charge in [-0.2, -0.15) is 4.39 Å². The monoisotopic (exact) mass is 214 g/mol. The van der Waals surface area contributed by atoms with E-state index in [4.69, 9.17) is 10.0 Å². The Balaban J connectivity index is 2.71. The van der Waals surface area contributed by atoms with Crippen LogP contribution in [0.1, 0.15) is 0 Å². The third-order valence-electron chi connectivity index (χ3n) is 1.88. The van der Waals surface area contributed by atoms with Crippen LogP contribution in [-0.2, 0) is 0 Å². The van der Waals surface area contributed by atoms with Crippen LogP contribution >= 0.6 is 11.3 Å². The second-order valence-corrected chi connectivity index (χ2v) is 3.87. The first-order valence-electron chi connectivity index (χ1n) is 3.82. The van der Waals surface area contributed by atoms with Crippen LogP contribution in [-0.4, -0.2) is 17.2 Å². The highest BCUT2D eigenvalue weighted by Crippen LogP contribution is 2.25. The topological polar surface area (TPSA) is 40.5 Å². The van der Waals surface area contributed by atoms with Gasteiger partial charge >= 0.3 is 7.12 Å². The summed E-state index contributed by atoms with van der Waals surface area (Å²) in [6.45, 7) is 0. The molecule has 2 aromatic rings. The second kappa shape index (κ2) is 3.31. The van der Waals surface area contributed by atoms with E-state index in [9.17, 15) is 8.78 Å². The molecule has 0 spiro atoms. The molecule has 0 amide bonds. The molecule has 1 heterocycles. The van der Waals surface area contributed by atoms with Crippen LogP contribution in [0, 0.1) is 10.9 Å². The van der Waals surface area contributed by atoms with E-state index in [1.165, 1.54) is 6.07 Å². The molecule has 0 atom stereocenters. The standard InChI is InChI=1S/C8H5BF2O2S/c10-6-1-4(9(12)13)2-7-5(6)3-8(11)14-7/h1-3,12-13H. The molecular weight excluding hydrogens is 209 g/mol. The maximum atomic E-state index is 13.2. The van der Waals surface area contributed by atoms with Gasteiger partial charge in [0.05, 0.1) is 0 Å². The molecule has 0 saturated heterocycles. The van der Waals surface area contributed by atoms with Gasteiger partial charge in [-0.25, -0.2) is 4.39 Å². The quantitative estimate of drug-likeness (QED) is 0.691. The largest absolute Gasteiger partial charge is 0.488 e. The van der Waals surface area contributed by atoms with Crippen LogP contribution in [0.4, 0.5) is 8.78 Å². The fourth-order valence-corrected chi connectivity index (χ4v) is 2.08. The van der Waals surface area contributed by atoms with E-state index in [0.717, 1.165) is 23.5 Å². The summed E-state index contributed by atoms with van der Waals surface area (Å²) in [5.41, 5.74) is 0.0249. The number of thiophene rings is 1. The second-order valence-electron chi connectivity index (χ2n) is 2.84. The Morgan fingerprint density at radius 3 is 2.50 bits per heavy atom. The van der Waals surface area contributed by atoms with Gasteiger partial charge < -0.3 is 10.0 Å². The maximum absolute atomic E-state index is 13.2. The minimum Gasteiger partial charge on any atom is -0.423 e. The third kappa shape index (κ3) is 1.52. The molecule has 1 aromatic carbocycles. The first-order chi connectivity index (χ1) is 6.58. The van der Waals surface area contributed by atoms with E-state index >= 15 is 0 Å². The molecule has 0 aliphatic carbocycles. The van der Waals surface area contributed by atoms with Crippen molar-refractivity contribution in [1.82, 2.24) is 0 Å². The van der Waals surface area contributed by atoms with Crippen LogP contribution < -0.4 is 5.46 Å². The molecule has 0 radical (unpaired) electrons. The van der Waals surface area contributed by atoms with Crippen LogP contribution in [0.3, 0.4) is 0 Å². The minimum atomic E-state index is -1.74. The average molecular weight is 214 g/mol. The molecule has 0 bridgehead atoms. The van der Waals surface area contributed by atoms with Gasteiger partial charge in [0.25, 0.3) is 0 Å². The normalized spacial score (nSPS) is 10.9. The number of halogens is 2. The average Bonchev–Trinajstić information content (AvgIpc) is 2.45. The summed E-state index contributed by atoms with van der Waals surface area (Å²) in [6, 6.07) is 3.43. The number of hydrogen-bond acceptors (Lipinski definition) is 3. The fourth-order valence-electron chi connectivity index (χ4n) is 1.23. The Morgan fingerprint density at radius 1 is 1.14 bits per heavy atom. The Morgan fingerprint density at radius 2 is 1.86 bits per heavy atom. The van der Waals surface area contributed by atoms with Gasteiger partial charge in [-0.15, -0.1) is 11.3 Å². The van der Waals surface area contributed by atoms with Crippen molar-refractivity contribution in [3.63, 3.8) is 0 Å². The van der Waals surface area contributed by atoms with Crippen molar-refractivity contribution < 1.29 is 18.8 Å². The van der Waals surface area contributed by atoms with Gasteiger partial charge in [0.2, 0.25) is 0 Å². The van der Waals surface area contributed by atoms with Crippen molar-refractivity contribution >= 4 is 34.0 Å². The summed E-state index contributed by atoms with van der Waals surface area (Å²) in [5, 5.41) is 17.3. The van der Waals surface area contributed by atoms with Crippen LogP contribution in [0.2, 0.25) is 0 Å². The molecule has 2 nitrogen and oxygen atoms in total. The predicted molar refractivity (Wildman–Crippen MR) is 51.6 cm³/mol. The summed E-state index contributed by atoms with van der Waals surface area (Å²) in [5.74, 6) is -0.647. The molecule has 0 fully saturated rings. The highest BCUT2D eigenvalue weighted by atomic mass is 32.1. The highest BCUT2D eigenvalue weighted by Gasteiger charge is 2.15. The van der Waals surface area contributed by atoms with Gasteiger partial charge in [0.1, 0.15) is 5.82 Å². The summed E-state index contributed by atoms with van der Waals surface area (Å²) in [4.78, 5) is 0. The van der Waals surface area contributed by atoms with Gasteiger partial charge in [-0.1, -0.05) is 0 Å². The van der Waals surface area contributed by atoms with Crippen molar-refractivity contribution in [3.8, 4) is 0 Å². The molecule has 1 aromatic heterocycles. The maximum Gasteiger partial charge on any atom is 0.488 e. The minimum absolute atomic E-state index is 0.0249. The van der Waals surface area contributed by atoms with E-state index in [2.05, 4.69) is 0 Å². The molecular formula is C8H5BF2O2S. The predicted octanol–water partition coefficient (Wildman–Crippen LogP) is 0.859. The van der Waals surface area contributed by atoms with E-state index in [-0.39, 0.29) is 10.8 Å². The lowest BCUT2D eigenvalue weighted by Gasteiger charge is -1.99. The Bertz CT molecular complexity index is 483. The van der Waals surface area contributed by atoms with Crippen molar-refractivity contribution in [2.24, 2.45) is 0 Å². The summed E-state index contributed by atoms with van der Waals surface area (Å²) < 4.78 is 26.4. The SMILES string of the molecule is OB(O)c1cc(F)c2cc(F)sc2c1. The van der Waals surface area contributed by atoms with Crippen LogP contribution in [0.15, 0.2) is 18.2 Å². The van der Waals surface area contributed by atoms with E-state index in [1.807, 2.05) is 0 Å². The molecule has 0 aliphatic rings. The van der Waals surface area contributed by atoms with Gasteiger partial charge in [0, 0.05) is 10.1 Å². The van der Waals surface area contributed by atoms with Crippen LogP contribution in [0.5, 0.6) is 0 Å². The Kier molecular flexibility index (Phi) is 2.26. The summed E-state index contributed by atoms with van der Waals surface area (Å²) in [7, 11) is -1.74. The van der Waals surface area contributed by atoms with Crippen molar-refractivity contribution in [3.05, 3.63) is 29.1 Å². The molecule has 2 rings (SSSR count). The number of rotatable bonds is 1. The van der Waals surface area contributed by atoms with Crippen molar-refractivity contribution in [1.29, 1.82) is 0 Å². The first-order valence-corrected chi connectivity index (χ1v) is 4.64. The molecule has 14 heavy (non-hydrogen) atoms. The van der Waals surface area contributed by atoms with E-state index in [0.29, 0.717) is 4.70 Å². The molecule has 0 saturated carbocycles. The Labute approximate surface area is 82.6 Å². The van der Waals surface area contributed by atoms with Crippen LogP contribution in [0.25, 0.3) is 10.1 Å². The van der Waals surface area contributed by atoms with Gasteiger partial charge in [-0.05, 0) is 23.7 Å². The van der Waals surface area contributed by atoms with E-state index in [1.54, 1.807) is 0 Å². The van der Waals surface area contributed by atoms with Crippen molar-refractivity contribution in [2.45, 2.75) is 0 Å². The highest BCUT2D eigenvalue weighted by molar-refractivity contribution is 7.17. The number of benzene rings is 1. The number of hydrogen-bond donors (Lipinski definition) is 2. The lowest BCUT2D eigenvalue weighted by atomic mass is 9.80. The molecule has 0 unspecified atom stereocenters. The summed E-state index contributed by atoms with van der Waals surface area (Å²) in [6.07, 6.45) is 0. The molecule has 2 N–H and O–H groups in total. The Hall–Kier alpha value is -0.975. The molecule has 0 aliphatic heterocycles. The third-order valence-corrected chi connectivity index (χ3v) is 2.75. The lowest BCUT2D eigenvalue weighted by Crippen LogP contribution is -2.29. The summed E-state index contributed by atoms with van der Waals surface area (Å²) >= 11 is 0.769. The van der Waals surface area contributed by atoms with E-state index < -0.39 is 18.1 Å². The van der Waals surface area contributed by atoms with Gasteiger partial charge in [-0.3, -0.25) is 0 Å². The van der Waals surface area contributed by atoms with Gasteiger partial charge in [0.15, 0.2) is 5.13 Å². The lowest BCUT2D eigenvalue weighted by molar-refractivity contribution is 0.425. The molecule has 72 valence electrons. The first kappa shape index (κ1) is 9.58. The number of fused-ring (bicyclic) bond motifs is 1. The van der Waals surface area contributed by atoms with Crippen molar-refractivity contribution in [2.75, 3.05) is 0 Å². The molecule has 6 heteroatoms. The zero-order valence-corrected chi connectivity index (χ0v) is 7.68. The smallest absolute Gasteiger partial charge is 0.423 e. The zero-order chi connectivity index (χ0) is 10.3.